The summed E-state index contributed by atoms with van der Waals surface area (Å²) in [7, 11) is 0. The van der Waals surface area contributed by atoms with Gasteiger partial charge in [0.1, 0.15) is 6.54 Å². The van der Waals surface area contributed by atoms with Gasteiger partial charge in [-0.25, -0.2) is 4.57 Å². The van der Waals surface area contributed by atoms with Crippen LogP contribution in [0.2, 0.25) is 0 Å². The molecule has 44 heavy (non-hydrogen) atoms. The number of carboxylic acid groups (broad SMARTS) is 1. The van der Waals surface area contributed by atoms with E-state index in [1.807, 2.05) is 18.5 Å². The molecular formula is C38H64ClN3O2. The van der Waals surface area contributed by atoms with Crippen LogP contribution in [0.5, 0.6) is 0 Å². The maximum absolute atomic E-state index is 10.5. The Hall–Kier alpha value is -1.98. The largest absolute Gasteiger partial charge is 1.00 e. The maximum atomic E-state index is 10.5. The summed E-state index contributed by atoms with van der Waals surface area (Å²) in [6.45, 7) is 2.71. The van der Waals surface area contributed by atoms with Gasteiger partial charge >= 0.3 is 5.97 Å². The van der Waals surface area contributed by atoms with E-state index in [4.69, 9.17) is 5.11 Å². The number of nitrogens with zero attached hydrogens (tertiary/aromatic N) is 2. The molecule has 0 saturated heterocycles. The van der Waals surface area contributed by atoms with Gasteiger partial charge in [0, 0.05) is 37.0 Å². The molecule has 0 unspecified atom stereocenters. The Bertz CT molecular complexity index is 912. The summed E-state index contributed by atoms with van der Waals surface area (Å²) < 4.78 is 2.41. The molecule has 0 radical (unpaired) electrons. The fourth-order valence-corrected chi connectivity index (χ4v) is 5.94. The highest BCUT2D eigenvalue weighted by atomic mass is 35.5. The van der Waals surface area contributed by atoms with Gasteiger partial charge in [0.25, 0.3) is 0 Å². The summed E-state index contributed by atoms with van der Waals surface area (Å²) in [5.41, 5.74) is 2.88. The maximum Gasteiger partial charge on any atom is 0.304 e. The lowest BCUT2D eigenvalue weighted by Gasteiger charge is -2.05. The molecule has 0 atom stereocenters. The van der Waals surface area contributed by atoms with Crippen LogP contribution < -0.4 is 22.3 Å². The van der Waals surface area contributed by atoms with E-state index in [0.717, 1.165) is 19.5 Å². The van der Waals surface area contributed by atoms with Crippen molar-refractivity contribution in [1.82, 2.24) is 10.3 Å². The second-order valence-electron chi connectivity index (χ2n) is 12.6. The summed E-state index contributed by atoms with van der Waals surface area (Å²) >= 11 is 0. The number of carboxylic acids is 1. The number of rotatable bonds is 30. The van der Waals surface area contributed by atoms with E-state index in [1.54, 1.807) is 0 Å². The Morgan fingerprint density at radius 3 is 1.68 bits per heavy atom. The molecule has 2 aromatic heterocycles. The second kappa shape index (κ2) is 29.7. The van der Waals surface area contributed by atoms with Gasteiger partial charge in [0.05, 0.1) is 6.42 Å². The molecule has 0 aliphatic heterocycles. The van der Waals surface area contributed by atoms with E-state index in [2.05, 4.69) is 45.5 Å². The van der Waals surface area contributed by atoms with Crippen LogP contribution >= 0.6 is 0 Å². The number of nitrogens with one attached hydrogen (secondary N) is 1. The number of aryl methyl sites for hydroxylation is 3. The quantitative estimate of drug-likeness (QED) is 0.0774. The van der Waals surface area contributed by atoms with Crippen molar-refractivity contribution in [1.29, 1.82) is 0 Å². The van der Waals surface area contributed by atoms with Gasteiger partial charge in [0.2, 0.25) is 0 Å². The van der Waals surface area contributed by atoms with Gasteiger partial charge < -0.3 is 22.8 Å². The molecule has 0 aliphatic rings. The third-order valence-electron chi connectivity index (χ3n) is 8.61. The summed E-state index contributed by atoms with van der Waals surface area (Å²) in [5, 5.41) is 11.8. The topological polar surface area (TPSA) is 66.1 Å². The van der Waals surface area contributed by atoms with Crippen LogP contribution in [-0.4, -0.2) is 29.1 Å². The number of aliphatic carboxylic acids is 1. The Morgan fingerprint density at radius 2 is 1.14 bits per heavy atom. The molecule has 0 aliphatic carbocycles. The van der Waals surface area contributed by atoms with Crippen molar-refractivity contribution in [2.75, 3.05) is 13.1 Å². The lowest BCUT2D eigenvalue weighted by Crippen LogP contribution is -3.00. The van der Waals surface area contributed by atoms with E-state index in [-0.39, 0.29) is 18.8 Å². The molecule has 2 aromatic rings. The fraction of sp³-hybridized carbons (Fsp3) is 0.711. The number of hydrogen-bond donors (Lipinski definition) is 2. The van der Waals surface area contributed by atoms with E-state index < -0.39 is 5.97 Å². The van der Waals surface area contributed by atoms with Gasteiger partial charge in [-0.3, -0.25) is 9.78 Å². The van der Waals surface area contributed by atoms with E-state index in [0.29, 0.717) is 6.54 Å². The summed E-state index contributed by atoms with van der Waals surface area (Å²) in [4.78, 5) is 14.7. The monoisotopic (exact) mass is 629 g/mol. The predicted octanol–water partition coefficient (Wildman–Crippen LogP) is 6.41. The van der Waals surface area contributed by atoms with Crippen LogP contribution in [-0.2, 0) is 24.2 Å². The molecule has 0 aromatic carbocycles. The van der Waals surface area contributed by atoms with Gasteiger partial charge in [-0.15, -0.1) is 0 Å². The van der Waals surface area contributed by atoms with Gasteiger partial charge in [-0.1, -0.05) is 109 Å². The molecule has 2 rings (SSSR count). The van der Waals surface area contributed by atoms with Gasteiger partial charge in [-0.2, -0.15) is 0 Å². The molecule has 0 spiro atoms. The predicted molar refractivity (Wildman–Crippen MR) is 180 cm³/mol. The minimum atomic E-state index is -0.718. The molecule has 0 bridgehead atoms. The lowest BCUT2D eigenvalue weighted by molar-refractivity contribution is -0.697. The van der Waals surface area contributed by atoms with Crippen molar-refractivity contribution in [3.63, 3.8) is 0 Å². The van der Waals surface area contributed by atoms with Gasteiger partial charge in [0.15, 0.2) is 12.4 Å². The normalized spacial score (nSPS) is 11.0. The second-order valence-corrected chi connectivity index (χ2v) is 12.6. The fourth-order valence-electron chi connectivity index (χ4n) is 5.94. The smallest absolute Gasteiger partial charge is 0.304 e. The number of carbonyl (C=O) groups is 1. The number of pyridine rings is 2. The van der Waals surface area contributed by atoms with E-state index >= 15 is 0 Å². The average molecular weight is 630 g/mol. The third-order valence-corrected chi connectivity index (χ3v) is 8.61. The number of unbranched alkanes of at least 4 members (excludes halogenated alkanes) is 19. The first-order chi connectivity index (χ1) is 21.2. The minimum absolute atomic E-state index is 0. The lowest BCUT2D eigenvalue weighted by atomic mass is 10.0. The summed E-state index contributed by atoms with van der Waals surface area (Å²) in [6.07, 6.45) is 39.4. The summed E-state index contributed by atoms with van der Waals surface area (Å²) in [6, 6.07) is 8.78. The highest BCUT2D eigenvalue weighted by Crippen LogP contribution is 2.14. The Kier molecular flexibility index (Phi) is 27.0. The summed E-state index contributed by atoms with van der Waals surface area (Å²) in [5.74, 6) is -0.718. The first kappa shape index (κ1) is 40.0. The van der Waals surface area contributed by atoms with Crippen molar-refractivity contribution in [2.24, 2.45) is 0 Å². The zero-order valence-electron chi connectivity index (χ0n) is 27.8. The average Bonchev–Trinajstić information content (AvgIpc) is 3.02. The van der Waals surface area contributed by atoms with Crippen LogP contribution in [0.3, 0.4) is 0 Å². The standard InChI is InChI=1S/C38H63N3O2.ClH/c42-38(43)28-31-39-29-20-16-12-8-4-1-2-7-11-15-19-25-37-27-23-33-41(35-37)32-21-17-13-9-5-3-6-10-14-18-24-36-26-22-30-40-34-36;/h22-23,26-27,30,33-35,39H,1-21,24-25,28-29,31-32H2;1H. The molecule has 0 fully saturated rings. The first-order valence-corrected chi connectivity index (χ1v) is 18.0. The molecule has 5 nitrogen and oxygen atoms in total. The van der Waals surface area contributed by atoms with E-state index in [1.165, 1.54) is 152 Å². The Balaban J connectivity index is 0.00000968. The van der Waals surface area contributed by atoms with Crippen molar-refractivity contribution in [2.45, 2.75) is 161 Å². The zero-order chi connectivity index (χ0) is 30.5. The molecule has 0 amide bonds. The Morgan fingerprint density at radius 1 is 0.636 bits per heavy atom. The van der Waals surface area contributed by atoms with Crippen LogP contribution in [0.15, 0.2) is 49.1 Å². The molecular weight excluding hydrogens is 566 g/mol. The number of hydrogen-bond acceptors (Lipinski definition) is 3. The third kappa shape index (κ3) is 24.4. The van der Waals surface area contributed by atoms with Crippen molar-refractivity contribution < 1.29 is 26.9 Å². The molecule has 0 saturated carbocycles. The van der Waals surface area contributed by atoms with Crippen molar-refractivity contribution >= 4 is 5.97 Å². The van der Waals surface area contributed by atoms with Crippen LogP contribution in [0.4, 0.5) is 0 Å². The van der Waals surface area contributed by atoms with Crippen molar-refractivity contribution in [3.05, 3.63) is 60.2 Å². The minimum Gasteiger partial charge on any atom is -1.00 e. The first-order valence-electron chi connectivity index (χ1n) is 18.0. The van der Waals surface area contributed by atoms with Gasteiger partial charge in [-0.05, 0) is 62.8 Å². The van der Waals surface area contributed by atoms with Crippen LogP contribution in [0.1, 0.15) is 152 Å². The zero-order valence-corrected chi connectivity index (χ0v) is 28.6. The molecule has 2 N–H and O–H groups in total. The SMILES string of the molecule is O=C(O)CCNCCCCCCCCCCCCCc1ccc[n+](CCCCCCCCCCCCc2cccnc2)c1.[Cl-]. The molecule has 250 valence electrons. The van der Waals surface area contributed by atoms with Crippen LogP contribution in [0, 0.1) is 0 Å². The molecule has 6 heteroatoms. The van der Waals surface area contributed by atoms with Crippen LogP contribution in [0.25, 0.3) is 0 Å². The Labute approximate surface area is 276 Å². The number of aromatic nitrogens is 2. The van der Waals surface area contributed by atoms with Crippen molar-refractivity contribution in [3.8, 4) is 0 Å². The van der Waals surface area contributed by atoms with E-state index in [9.17, 15) is 4.79 Å². The highest BCUT2D eigenvalue weighted by Gasteiger charge is 2.04. The number of halogens is 1. The highest BCUT2D eigenvalue weighted by molar-refractivity contribution is 5.66. The molecule has 2 heterocycles.